The van der Waals surface area contributed by atoms with Crippen molar-refractivity contribution in [1.82, 2.24) is 4.98 Å². The van der Waals surface area contributed by atoms with Crippen LogP contribution in [0.3, 0.4) is 0 Å². The molecule has 0 aromatic carbocycles. The second-order valence-electron chi connectivity index (χ2n) is 6.54. The topological polar surface area (TPSA) is 50.2 Å². The van der Waals surface area contributed by atoms with E-state index < -0.39 is 5.97 Å². The van der Waals surface area contributed by atoms with Crippen LogP contribution in [0.2, 0.25) is 0 Å². The number of hydrogen-bond acceptors (Lipinski definition) is 3. The average molecular weight is 263 g/mol. The first-order valence-corrected chi connectivity index (χ1v) is 7.72. The molecule has 0 atom stereocenters. The van der Waals surface area contributed by atoms with Gasteiger partial charge in [0.25, 0.3) is 0 Å². The molecule has 4 fully saturated rings. The van der Waals surface area contributed by atoms with Crippen LogP contribution >= 0.6 is 11.3 Å². The van der Waals surface area contributed by atoms with Crippen LogP contribution in [0.5, 0.6) is 0 Å². The molecule has 4 aliphatic rings. The van der Waals surface area contributed by atoms with Gasteiger partial charge >= 0.3 is 5.97 Å². The maximum Gasteiger partial charge on any atom is 0.365 e. The number of aromatic carboxylic acids is 1. The maximum atomic E-state index is 11.0. The molecule has 4 aliphatic carbocycles. The van der Waals surface area contributed by atoms with E-state index in [0.717, 1.165) is 23.4 Å². The number of hydrogen-bond donors (Lipinski definition) is 1. The number of rotatable bonds is 2. The van der Waals surface area contributed by atoms with Gasteiger partial charge in [0.1, 0.15) is 0 Å². The van der Waals surface area contributed by atoms with Crippen molar-refractivity contribution < 1.29 is 9.90 Å². The van der Waals surface area contributed by atoms with Crippen molar-refractivity contribution in [1.29, 1.82) is 0 Å². The van der Waals surface area contributed by atoms with E-state index in [4.69, 9.17) is 5.11 Å². The second-order valence-corrected chi connectivity index (χ2v) is 7.40. The molecule has 0 unspecified atom stereocenters. The lowest BCUT2D eigenvalue weighted by molar-refractivity contribution is -0.00698. The lowest BCUT2D eigenvalue weighted by Gasteiger charge is -2.56. The Morgan fingerprint density at radius 2 is 1.78 bits per heavy atom. The summed E-state index contributed by atoms with van der Waals surface area (Å²) in [6.45, 7) is 0. The van der Waals surface area contributed by atoms with Crippen molar-refractivity contribution in [3.63, 3.8) is 0 Å². The van der Waals surface area contributed by atoms with Gasteiger partial charge in [-0.2, -0.15) is 0 Å². The van der Waals surface area contributed by atoms with E-state index in [1.165, 1.54) is 49.9 Å². The predicted molar refractivity (Wildman–Crippen MR) is 68.9 cm³/mol. The fourth-order valence-electron chi connectivity index (χ4n) is 5.04. The second kappa shape index (κ2) is 3.56. The summed E-state index contributed by atoms with van der Waals surface area (Å²) in [5.41, 5.74) is 1.32. The van der Waals surface area contributed by atoms with Crippen molar-refractivity contribution in [2.75, 3.05) is 0 Å². The van der Waals surface area contributed by atoms with E-state index in [1.807, 2.05) is 5.38 Å². The van der Waals surface area contributed by atoms with Gasteiger partial charge in [-0.3, -0.25) is 0 Å². The third-order valence-electron chi connectivity index (χ3n) is 5.27. The number of aromatic nitrogens is 1. The zero-order chi connectivity index (χ0) is 12.3. The summed E-state index contributed by atoms with van der Waals surface area (Å²) in [5, 5.41) is 11.3. The number of nitrogens with zero attached hydrogens (tertiary/aromatic N) is 1. The lowest BCUT2D eigenvalue weighted by atomic mass is 9.49. The molecule has 4 bridgehead atoms. The lowest BCUT2D eigenvalue weighted by Crippen LogP contribution is -2.48. The summed E-state index contributed by atoms with van der Waals surface area (Å²) in [6, 6.07) is 0. The minimum absolute atomic E-state index is 0.235. The van der Waals surface area contributed by atoms with Gasteiger partial charge in [0.05, 0.1) is 5.69 Å². The molecule has 0 saturated heterocycles. The SMILES string of the molecule is O=C(O)c1nc(C23CC4CC(CC(C4)C2)C3)cs1. The molecule has 4 saturated carbocycles. The van der Waals surface area contributed by atoms with Crippen molar-refractivity contribution in [3.8, 4) is 0 Å². The van der Waals surface area contributed by atoms with E-state index in [2.05, 4.69) is 4.98 Å². The van der Waals surface area contributed by atoms with E-state index in [1.54, 1.807) is 0 Å². The van der Waals surface area contributed by atoms with Gasteiger partial charge in [-0.25, -0.2) is 9.78 Å². The summed E-state index contributed by atoms with van der Waals surface area (Å²) in [5.74, 6) is 1.76. The van der Waals surface area contributed by atoms with Crippen LogP contribution in [0.15, 0.2) is 5.38 Å². The van der Waals surface area contributed by atoms with Gasteiger partial charge in [-0.1, -0.05) is 0 Å². The number of carboxylic acids is 1. The van der Waals surface area contributed by atoms with Crippen molar-refractivity contribution in [2.24, 2.45) is 17.8 Å². The van der Waals surface area contributed by atoms with Crippen LogP contribution < -0.4 is 0 Å². The van der Waals surface area contributed by atoms with Crippen LogP contribution in [0.4, 0.5) is 0 Å². The van der Waals surface area contributed by atoms with Crippen LogP contribution in [0.25, 0.3) is 0 Å². The first kappa shape index (κ1) is 11.0. The highest BCUT2D eigenvalue weighted by Gasteiger charge is 2.52. The zero-order valence-corrected chi connectivity index (χ0v) is 11.1. The van der Waals surface area contributed by atoms with Crippen molar-refractivity contribution >= 4 is 17.3 Å². The van der Waals surface area contributed by atoms with E-state index in [0.29, 0.717) is 0 Å². The molecule has 3 nitrogen and oxygen atoms in total. The molecular weight excluding hydrogens is 246 g/mol. The van der Waals surface area contributed by atoms with Crippen LogP contribution in [0.1, 0.15) is 54.0 Å². The summed E-state index contributed by atoms with van der Waals surface area (Å²) < 4.78 is 0. The number of thiazole rings is 1. The molecule has 0 radical (unpaired) electrons. The number of carboxylic acid groups (broad SMARTS) is 1. The Bertz CT molecular complexity index is 472. The largest absolute Gasteiger partial charge is 0.476 e. The standard InChI is InChI=1S/C14H17NO2S/c16-13(17)12-15-11(7-18-12)14-4-8-1-9(5-14)3-10(2-8)6-14/h7-10H,1-6H2,(H,16,17). The smallest absolute Gasteiger partial charge is 0.365 e. The Kier molecular flexibility index (Phi) is 2.17. The van der Waals surface area contributed by atoms with Crippen LogP contribution in [-0.4, -0.2) is 16.1 Å². The van der Waals surface area contributed by atoms with Crippen LogP contribution in [0, 0.1) is 17.8 Å². The Morgan fingerprint density at radius 3 is 2.22 bits per heavy atom. The Hall–Kier alpha value is -0.900. The molecule has 1 N–H and O–H groups in total. The molecular formula is C14H17NO2S. The first-order chi connectivity index (χ1) is 8.64. The van der Waals surface area contributed by atoms with Gasteiger partial charge < -0.3 is 5.11 Å². The normalized spacial score (nSPS) is 41.2. The molecule has 18 heavy (non-hydrogen) atoms. The van der Waals surface area contributed by atoms with E-state index in [9.17, 15) is 4.79 Å². The molecule has 0 amide bonds. The van der Waals surface area contributed by atoms with E-state index in [-0.39, 0.29) is 10.4 Å². The molecule has 0 spiro atoms. The summed E-state index contributed by atoms with van der Waals surface area (Å²) in [6.07, 6.45) is 7.99. The van der Waals surface area contributed by atoms with Crippen molar-refractivity contribution in [2.45, 2.75) is 43.9 Å². The first-order valence-electron chi connectivity index (χ1n) is 6.84. The highest BCUT2D eigenvalue weighted by Crippen LogP contribution is 2.60. The molecule has 0 aliphatic heterocycles. The van der Waals surface area contributed by atoms with Gasteiger partial charge in [0.15, 0.2) is 0 Å². The Morgan fingerprint density at radius 1 is 1.22 bits per heavy atom. The summed E-state index contributed by atoms with van der Waals surface area (Å²) in [4.78, 5) is 15.4. The minimum Gasteiger partial charge on any atom is -0.476 e. The third kappa shape index (κ3) is 1.48. The predicted octanol–water partition coefficient (Wildman–Crippen LogP) is 3.31. The quantitative estimate of drug-likeness (QED) is 0.890. The van der Waals surface area contributed by atoms with Crippen LogP contribution in [-0.2, 0) is 5.41 Å². The highest BCUT2D eigenvalue weighted by molar-refractivity contribution is 7.11. The van der Waals surface area contributed by atoms with Gasteiger partial charge in [-0.15, -0.1) is 11.3 Å². The molecule has 5 rings (SSSR count). The van der Waals surface area contributed by atoms with Crippen molar-refractivity contribution in [3.05, 3.63) is 16.1 Å². The molecule has 4 heteroatoms. The monoisotopic (exact) mass is 263 g/mol. The zero-order valence-electron chi connectivity index (χ0n) is 10.3. The highest BCUT2D eigenvalue weighted by atomic mass is 32.1. The average Bonchev–Trinajstić information content (AvgIpc) is 2.76. The summed E-state index contributed by atoms with van der Waals surface area (Å²) in [7, 11) is 0. The Labute approximate surface area is 110 Å². The molecule has 96 valence electrons. The van der Waals surface area contributed by atoms with Gasteiger partial charge in [0.2, 0.25) is 5.01 Å². The maximum absolute atomic E-state index is 11.0. The Balaban J connectivity index is 1.72. The molecule has 1 aromatic heterocycles. The number of carbonyl (C=O) groups is 1. The van der Waals surface area contributed by atoms with E-state index >= 15 is 0 Å². The molecule has 1 aromatic rings. The third-order valence-corrected chi connectivity index (χ3v) is 6.10. The minimum atomic E-state index is -0.879. The van der Waals surface area contributed by atoms with Gasteiger partial charge in [0, 0.05) is 10.8 Å². The molecule has 1 heterocycles. The fourth-order valence-corrected chi connectivity index (χ4v) is 5.82. The fraction of sp³-hybridized carbons (Fsp3) is 0.714. The summed E-state index contributed by atoms with van der Waals surface area (Å²) >= 11 is 1.30. The van der Waals surface area contributed by atoms with Gasteiger partial charge in [-0.05, 0) is 56.3 Å².